The van der Waals surface area contributed by atoms with Crippen molar-refractivity contribution in [2.24, 2.45) is 17.3 Å². The highest BCUT2D eigenvalue weighted by atomic mass is 14.9. The van der Waals surface area contributed by atoms with Crippen LogP contribution in [-0.4, -0.2) is 12.1 Å². The van der Waals surface area contributed by atoms with E-state index in [0.717, 1.165) is 11.8 Å². The summed E-state index contributed by atoms with van der Waals surface area (Å²) < 4.78 is 0. The van der Waals surface area contributed by atoms with Crippen molar-refractivity contribution >= 4 is 0 Å². The summed E-state index contributed by atoms with van der Waals surface area (Å²) in [4.78, 5) is 0. The number of rotatable bonds is 6. The van der Waals surface area contributed by atoms with E-state index in [1.807, 2.05) is 0 Å². The smallest absolute Gasteiger partial charge is 0.00965 e. The second-order valence-corrected chi connectivity index (χ2v) is 9.31. The molecule has 1 aliphatic carbocycles. The minimum Gasteiger partial charge on any atom is -0.312 e. The molecule has 20 heavy (non-hydrogen) atoms. The average molecular weight is 282 g/mol. The zero-order chi connectivity index (χ0) is 15.2. The summed E-state index contributed by atoms with van der Waals surface area (Å²) in [5.74, 6) is 2.04. The van der Waals surface area contributed by atoms with Crippen molar-refractivity contribution in [1.82, 2.24) is 5.32 Å². The van der Waals surface area contributed by atoms with E-state index in [1.165, 1.54) is 57.9 Å². The highest BCUT2D eigenvalue weighted by Gasteiger charge is 2.22. The number of hydrogen-bond acceptors (Lipinski definition) is 1. The van der Waals surface area contributed by atoms with E-state index >= 15 is 0 Å². The van der Waals surface area contributed by atoms with E-state index in [0.29, 0.717) is 5.41 Å². The van der Waals surface area contributed by atoms with Crippen LogP contribution in [0.15, 0.2) is 0 Å². The summed E-state index contributed by atoms with van der Waals surface area (Å²) in [6.07, 6.45) is 11.6. The van der Waals surface area contributed by atoms with Crippen molar-refractivity contribution in [2.45, 2.75) is 98.4 Å². The topological polar surface area (TPSA) is 12.0 Å². The summed E-state index contributed by atoms with van der Waals surface area (Å²) in [7, 11) is 0. The van der Waals surface area contributed by atoms with Crippen LogP contribution in [0.3, 0.4) is 0 Å². The van der Waals surface area contributed by atoms with Gasteiger partial charge in [0.25, 0.3) is 0 Å². The van der Waals surface area contributed by atoms with Gasteiger partial charge in [-0.2, -0.15) is 0 Å². The highest BCUT2D eigenvalue weighted by molar-refractivity contribution is 4.76. The molecule has 1 nitrogen and oxygen atoms in total. The lowest BCUT2D eigenvalue weighted by Crippen LogP contribution is -2.36. The van der Waals surface area contributed by atoms with Crippen molar-refractivity contribution in [3.05, 3.63) is 0 Å². The fourth-order valence-electron chi connectivity index (χ4n) is 3.30. The van der Waals surface area contributed by atoms with E-state index in [4.69, 9.17) is 0 Å². The molecule has 0 aromatic carbocycles. The van der Waals surface area contributed by atoms with Gasteiger partial charge in [-0.3, -0.25) is 0 Å². The predicted molar refractivity (Wildman–Crippen MR) is 91.1 cm³/mol. The van der Waals surface area contributed by atoms with Crippen molar-refractivity contribution in [1.29, 1.82) is 0 Å². The maximum absolute atomic E-state index is 3.61. The van der Waals surface area contributed by atoms with Crippen LogP contribution in [0.25, 0.3) is 0 Å². The molecule has 0 amide bonds. The Labute approximate surface area is 128 Å². The SMILES string of the molecule is CC(C)(C)CCC1CCC(CCCNC(C)(C)C)CC1. The van der Waals surface area contributed by atoms with Crippen molar-refractivity contribution in [3.63, 3.8) is 0 Å². The first-order valence-electron chi connectivity index (χ1n) is 8.91. The molecule has 0 heterocycles. The normalized spacial score (nSPS) is 24.9. The molecule has 0 unspecified atom stereocenters. The van der Waals surface area contributed by atoms with Crippen LogP contribution in [0.5, 0.6) is 0 Å². The molecule has 0 saturated heterocycles. The van der Waals surface area contributed by atoms with Crippen LogP contribution in [-0.2, 0) is 0 Å². The van der Waals surface area contributed by atoms with Crippen LogP contribution >= 0.6 is 0 Å². The minimum atomic E-state index is 0.282. The van der Waals surface area contributed by atoms with Crippen LogP contribution in [0.1, 0.15) is 92.9 Å². The van der Waals surface area contributed by atoms with E-state index in [9.17, 15) is 0 Å². The van der Waals surface area contributed by atoms with Gasteiger partial charge in [0, 0.05) is 5.54 Å². The average Bonchev–Trinajstić information content (AvgIpc) is 2.31. The Morgan fingerprint density at radius 3 is 1.75 bits per heavy atom. The molecule has 1 fully saturated rings. The van der Waals surface area contributed by atoms with Crippen molar-refractivity contribution in [3.8, 4) is 0 Å². The van der Waals surface area contributed by atoms with Crippen molar-refractivity contribution in [2.75, 3.05) is 6.54 Å². The Kier molecular flexibility index (Phi) is 7.04. The zero-order valence-electron chi connectivity index (χ0n) is 15.0. The molecule has 1 N–H and O–H groups in total. The van der Waals surface area contributed by atoms with E-state index in [2.05, 4.69) is 46.9 Å². The Bertz CT molecular complexity index is 248. The summed E-state index contributed by atoms with van der Waals surface area (Å²) >= 11 is 0. The standard InChI is InChI=1S/C19H39N/c1-18(2,3)14-13-17-11-9-16(10-12-17)8-7-15-20-19(4,5)6/h16-17,20H,7-15H2,1-6H3. The first-order chi connectivity index (χ1) is 9.16. The molecule has 0 atom stereocenters. The largest absolute Gasteiger partial charge is 0.312 e. The molecule has 0 aromatic heterocycles. The third kappa shape index (κ3) is 9.00. The lowest BCUT2D eigenvalue weighted by Gasteiger charge is -2.30. The lowest BCUT2D eigenvalue weighted by molar-refractivity contribution is 0.223. The maximum atomic E-state index is 3.61. The van der Waals surface area contributed by atoms with Gasteiger partial charge in [-0.05, 0) is 70.3 Å². The predicted octanol–water partition coefficient (Wildman–Crippen LogP) is 5.79. The van der Waals surface area contributed by atoms with Gasteiger partial charge in [-0.1, -0.05) is 46.5 Å². The summed E-state index contributed by atoms with van der Waals surface area (Å²) in [6, 6.07) is 0. The van der Waals surface area contributed by atoms with Gasteiger partial charge in [0.05, 0.1) is 0 Å². The van der Waals surface area contributed by atoms with Gasteiger partial charge in [0.15, 0.2) is 0 Å². The molecule has 0 spiro atoms. The molecular formula is C19H39N. The van der Waals surface area contributed by atoms with Gasteiger partial charge >= 0.3 is 0 Å². The Balaban J connectivity index is 2.07. The monoisotopic (exact) mass is 281 g/mol. The highest BCUT2D eigenvalue weighted by Crippen LogP contribution is 2.36. The number of hydrogen-bond donors (Lipinski definition) is 1. The third-order valence-corrected chi connectivity index (χ3v) is 4.71. The molecule has 0 radical (unpaired) electrons. The van der Waals surface area contributed by atoms with Gasteiger partial charge in [-0.25, -0.2) is 0 Å². The van der Waals surface area contributed by atoms with Crippen LogP contribution in [0.4, 0.5) is 0 Å². The maximum Gasteiger partial charge on any atom is 0.00965 e. The van der Waals surface area contributed by atoms with E-state index < -0.39 is 0 Å². The Morgan fingerprint density at radius 2 is 1.30 bits per heavy atom. The molecule has 1 heteroatoms. The van der Waals surface area contributed by atoms with Gasteiger partial charge in [-0.15, -0.1) is 0 Å². The quantitative estimate of drug-likeness (QED) is 0.608. The fourth-order valence-corrected chi connectivity index (χ4v) is 3.30. The molecule has 1 aliphatic rings. The second kappa shape index (κ2) is 7.82. The van der Waals surface area contributed by atoms with Crippen LogP contribution in [0.2, 0.25) is 0 Å². The molecule has 0 bridgehead atoms. The lowest BCUT2D eigenvalue weighted by atomic mass is 9.76. The van der Waals surface area contributed by atoms with Crippen molar-refractivity contribution < 1.29 is 0 Å². The summed E-state index contributed by atoms with van der Waals surface area (Å²) in [5, 5.41) is 3.61. The molecule has 120 valence electrons. The molecule has 0 aliphatic heterocycles. The van der Waals surface area contributed by atoms with Gasteiger partial charge < -0.3 is 5.32 Å². The van der Waals surface area contributed by atoms with Gasteiger partial charge in [0.2, 0.25) is 0 Å². The molecule has 1 rings (SSSR count). The molecular weight excluding hydrogens is 242 g/mol. The van der Waals surface area contributed by atoms with E-state index in [1.54, 1.807) is 0 Å². The minimum absolute atomic E-state index is 0.282. The summed E-state index contributed by atoms with van der Waals surface area (Å²) in [6.45, 7) is 15.1. The van der Waals surface area contributed by atoms with Gasteiger partial charge in [0.1, 0.15) is 0 Å². The van der Waals surface area contributed by atoms with Crippen LogP contribution in [0, 0.1) is 17.3 Å². The molecule has 1 saturated carbocycles. The third-order valence-electron chi connectivity index (χ3n) is 4.71. The molecule has 0 aromatic rings. The van der Waals surface area contributed by atoms with Crippen LogP contribution < -0.4 is 5.32 Å². The Morgan fingerprint density at radius 1 is 0.800 bits per heavy atom. The Hall–Kier alpha value is -0.0400. The zero-order valence-corrected chi connectivity index (χ0v) is 15.0. The summed E-state index contributed by atoms with van der Waals surface area (Å²) in [5.41, 5.74) is 0.806. The van der Waals surface area contributed by atoms with E-state index in [-0.39, 0.29) is 5.54 Å². The second-order valence-electron chi connectivity index (χ2n) is 9.31. The first-order valence-corrected chi connectivity index (χ1v) is 8.91. The number of nitrogens with one attached hydrogen (secondary N) is 1. The fraction of sp³-hybridized carbons (Fsp3) is 1.00. The first kappa shape index (κ1) is 18.0.